The van der Waals surface area contributed by atoms with Gasteiger partial charge in [0.15, 0.2) is 0 Å². The van der Waals surface area contributed by atoms with Gasteiger partial charge in [0.1, 0.15) is 0 Å². The highest BCUT2D eigenvalue weighted by molar-refractivity contribution is 6.08. The fourth-order valence-electron chi connectivity index (χ4n) is 2.18. The highest BCUT2D eigenvalue weighted by Gasteiger charge is 2.08. The van der Waals surface area contributed by atoms with Crippen molar-refractivity contribution in [2.75, 3.05) is 5.32 Å². The van der Waals surface area contributed by atoms with Crippen molar-refractivity contribution in [2.24, 2.45) is 5.73 Å². The van der Waals surface area contributed by atoms with Gasteiger partial charge in [-0.1, -0.05) is 18.2 Å². The number of carbonyl (C=O) groups is 1. The van der Waals surface area contributed by atoms with E-state index in [0.717, 1.165) is 22.2 Å². The second-order valence-corrected chi connectivity index (χ2v) is 4.60. The van der Waals surface area contributed by atoms with Crippen molar-refractivity contribution in [3.05, 3.63) is 65.9 Å². The molecule has 0 atom stereocenters. The lowest BCUT2D eigenvalue weighted by Crippen LogP contribution is -2.12. The van der Waals surface area contributed by atoms with Gasteiger partial charge in [-0.25, -0.2) is 0 Å². The highest BCUT2D eigenvalue weighted by atomic mass is 16.1. The van der Waals surface area contributed by atoms with Crippen LogP contribution in [0, 0.1) is 0 Å². The van der Waals surface area contributed by atoms with Crippen LogP contribution in [0.1, 0.15) is 15.9 Å². The van der Waals surface area contributed by atoms with E-state index in [0.29, 0.717) is 12.1 Å². The summed E-state index contributed by atoms with van der Waals surface area (Å²) in [6.45, 7) is 0.477. The van der Waals surface area contributed by atoms with Gasteiger partial charge in [-0.05, 0) is 35.9 Å². The molecule has 4 nitrogen and oxygen atoms in total. The second-order valence-electron chi connectivity index (χ2n) is 4.60. The molecule has 1 amide bonds. The minimum atomic E-state index is -0.123. The van der Waals surface area contributed by atoms with Crippen molar-refractivity contribution in [3.8, 4) is 0 Å². The summed E-state index contributed by atoms with van der Waals surface area (Å²) in [5, 5.41) is 3.93. The molecule has 1 heterocycles. The Morgan fingerprint density at radius 1 is 1.10 bits per heavy atom. The molecule has 3 aromatic rings. The fourth-order valence-corrected chi connectivity index (χ4v) is 2.18. The number of aromatic amines is 1. The molecule has 2 aromatic carbocycles. The zero-order chi connectivity index (χ0) is 13.9. The van der Waals surface area contributed by atoms with Crippen molar-refractivity contribution in [1.82, 2.24) is 4.98 Å². The Labute approximate surface area is 116 Å². The van der Waals surface area contributed by atoms with Gasteiger partial charge < -0.3 is 16.0 Å². The van der Waals surface area contributed by atoms with Crippen molar-refractivity contribution in [2.45, 2.75) is 6.54 Å². The van der Waals surface area contributed by atoms with Crippen molar-refractivity contribution in [1.29, 1.82) is 0 Å². The Hall–Kier alpha value is -2.59. The van der Waals surface area contributed by atoms with Gasteiger partial charge >= 0.3 is 0 Å². The molecule has 0 bridgehead atoms. The summed E-state index contributed by atoms with van der Waals surface area (Å²) in [5.74, 6) is -0.123. The first kappa shape index (κ1) is 12.4. The molecule has 4 N–H and O–H groups in total. The Morgan fingerprint density at radius 2 is 1.90 bits per heavy atom. The van der Waals surface area contributed by atoms with Gasteiger partial charge in [0.05, 0.1) is 5.69 Å². The third-order valence-electron chi connectivity index (χ3n) is 3.29. The fraction of sp³-hybridized carbons (Fsp3) is 0.0625. The van der Waals surface area contributed by atoms with Crippen LogP contribution in [0.25, 0.3) is 10.9 Å². The van der Waals surface area contributed by atoms with E-state index in [-0.39, 0.29) is 5.91 Å². The van der Waals surface area contributed by atoms with Crippen LogP contribution < -0.4 is 11.1 Å². The van der Waals surface area contributed by atoms with Crippen molar-refractivity contribution < 1.29 is 4.79 Å². The van der Waals surface area contributed by atoms with Gasteiger partial charge in [-0.15, -0.1) is 0 Å². The number of fused-ring (bicyclic) bond motifs is 1. The molecule has 0 radical (unpaired) electrons. The van der Waals surface area contributed by atoms with E-state index < -0.39 is 0 Å². The SMILES string of the molecule is NCc1ccc(C(=O)Nc2cccc3[nH]ccc23)cc1. The zero-order valence-electron chi connectivity index (χ0n) is 10.9. The van der Waals surface area contributed by atoms with E-state index in [1.165, 1.54) is 0 Å². The number of rotatable bonds is 3. The number of H-pyrrole nitrogens is 1. The van der Waals surface area contributed by atoms with Gasteiger partial charge in [-0.2, -0.15) is 0 Å². The lowest BCUT2D eigenvalue weighted by Gasteiger charge is -2.07. The zero-order valence-corrected chi connectivity index (χ0v) is 10.9. The average Bonchev–Trinajstić information content (AvgIpc) is 2.97. The van der Waals surface area contributed by atoms with E-state index in [9.17, 15) is 4.79 Å². The molecule has 4 heteroatoms. The second kappa shape index (κ2) is 5.19. The van der Waals surface area contributed by atoms with E-state index in [1.54, 1.807) is 12.1 Å². The third-order valence-corrected chi connectivity index (χ3v) is 3.29. The Balaban J connectivity index is 1.86. The Bertz CT molecular complexity index is 744. The van der Waals surface area contributed by atoms with Gasteiger partial charge in [-0.3, -0.25) is 4.79 Å². The predicted octanol–water partition coefficient (Wildman–Crippen LogP) is 2.88. The first-order chi connectivity index (χ1) is 9.78. The number of aromatic nitrogens is 1. The van der Waals surface area contributed by atoms with E-state index in [1.807, 2.05) is 42.6 Å². The number of nitrogens with two attached hydrogens (primary N) is 1. The molecule has 0 aliphatic rings. The summed E-state index contributed by atoms with van der Waals surface area (Å²) in [4.78, 5) is 15.3. The normalized spacial score (nSPS) is 10.7. The Kier molecular flexibility index (Phi) is 3.23. The maximum absolute atomic E-state index is 12.2. The molecule has 1 aromatic heterocycles. The lowest BCUT2D eigenvalue weighted by atomic mass is 10.1. The average molecular weight is 265 g/mol. The van der Waals surface area contributed by atoms with Crippen LogP contribution in [0.5, 0.6) is 0 Å². The smallest absolute Gasteiger partial charge is 0.255 e. The van der Waals surface area contributed by atoms with Gasteiger partial charge in [0, 0.05) is 29.2 Å². The van der Waals surface area contributed by atoms with Crippen LogP contribution in [0.3, 0.4) is 0 Å². The molecule has 0 fully saturated rings. The van der Waals surface area contributed by atoms with Crippen molar-refractivity contribution in [3.63, 3.8) is 0 Å². The molecular formula is C16H15N3O. The first-order valence-corrected chi connectivity index (χ1v) is 6.44. The summed E-state index contributed by atoms with van der Waals surface area (Å²) in [5.41, 5.74) is 8.98. The number of anilines is 1. The minimum Gasteiger partial charge on any atom is -0.361 e. The molecule has 0 saturated carbocycles. The van der Waals surface area contributed by atoms with Crippen molar-refractivity contribution >= 4 is 22.5 Å². The molecule has 0 aliphatic heterocycles. The number of nitrogens with one attached hydrogen (secondary N) is 2. The molecule has 100 valence electrons. The maximum Gasteiger partial charge on any atom is 0.255 e. The number of amides is 1. The van der Waals surface area contributed by atoms with Crippen LogP contribution >= 0.6 is 0 Å². The van der Waals surface area contributed by atoms with E-state index >= 15 is 0 Å². The van der Waals surface area contributed by atoms with E-state index in [4.69, 9.17) is 5.73 Å². The van der Waals surface area contributed by atoms with Crippen LogP contribution in [0.4, 0.5) is 5.69 Å². The number of benzene rings is 2. The maximum atomic E-state index is 12.2. The molecule has 0 unspecified atom stereocenters. The predicted molar refractivity (Wildman–Crippen MR) is 80.6 cm³/mol. The Morgan fingerprint density at radius 3 is 2.65 bits per heavy atom. The summed E-state index contributed by atoms with van der Waals surface area (Å²) in [7, 11) is 0. The molecule has 0 spiro atoms. The van der Waals surface area contributed by atoms with Crippen LogP contribution in [-0.4, -0.2) is 10.9 Å². The van der Waals surface area contributed by atoms with Gasteiger partial charge in [0.2, 0.25) is 0 Å². The molecule has 20 heavy (non-hydrogen) atoms. The molecule has 0 saturated heterocycles. The highest BCUT2D eigenvalue weighted by Crippen LogP contribution is 2.22. The lowest BCUT2D eigenvalue weighted by molar-refractivity contribution is 0.102. The van der Waals surface area contributed by atoms with Crippen LogP contribution in [0.15, 0.2) is 54.7 Å². The summed E-state index contributed by atoms with van der Waals surface area (Å²) < 4.78 is 0. The quantitative estimate of drug-likeness (QED) is 0.681. The van der Waals surface area contributed by atoms with E-state index in [2.05, 4.69) is 10.3 Å². The van der Waals surface area contributed by atoms with Crippen LogP contribution in [-0.2, 0) is 6.54 Å². The number of hydrogen-bond donors (Lipinski definition) is 3. The van der Waals surface area contributed by atoms with Gasteiger partial charge in [0.25, 0.3) is 5.91 Å². The topological polar surface area (TPSA) is 70.9 Å². The standard InChI is InChI=1S/C16H15N3O/c17-10-11-4-6-12(7-5-11)16(20)19-15-3-1-2-14-13(15)8-9-18-14/h1-9,18H,10,17H2,(H,19,20). The summed E-state index contributed by atoms with van der Waals surface area (Å²) in [6.07, 6.45) is 1.86. The number of hydrogen-bond acceptors (Lipinski definition) is 2. The third kappa shape index (κ3) is 2.29. The summed E-state index contributed by atoms with van der Waals surface area (Å²) in [6, 6.07) is 15.0. The molecule has 3 rings (SSSR count). The summed E-state index contributed by atoms with van der Waals surface area (Å²) >= 11 is 0. The number of carbonyl (C=O) groups excluding carboxylic acids is 1. The van der Waals surface area contributed by atoms with Crippen LogP contribution in [0.2, 0.25) is 0 Å². The monoisotopic (exact) mass is 265 g/mol. The molecular weight excluding hydrogens is 250 g/mol. The largest absolute Gasteiger partial charge is 0.361 e. The first-order valence-electron chi connectivity index (χ1n) is 6.44. The molecule has 0 aliphatic carbocycles. The minimum absolute atomic E-state index is 0.123.